The monoisotopic (exact) mass is 393 g/mol. The first-order chi connectivity index (χ1) is 14.0. The van der Waals surface area contributed by atoms with Crippen LogP contribution in [0.4, 0.5) is 10.2 Å². The summed E-state index contributed by atoms with van der Waals surface area (Å²) in [4.78, 5) is 31.6. The normalized spacial score (nSPS) is 11.4. The average Bonchev–Trinajstić information content (AvgIpc) is 3.26. The molecule has 29 heavy (non-hydrogen) atoms. The maximum absolute atomic E-state index is 13.2. The van der Waals surface area contributed by atoms with Gasteiger partial charge in [-0.1, -0.05) is 6.08 Å². The molecule has 4 rings (SSSR count). The molecule has 2 N–H and O–H groups in total. The predicted octanol–water partition coefficient (Wildman–Crippen LogP) is 2.26. The molecule has 146 valence electrons. The van der Waals surface area contributed by atoms with E-state index in [1.54, 1.807) is 26.0 Å². The molecular formula is C19H16FN7O2. The smallest absolute Gasteiger partial charge is 0.263 e. The molecule has 0 fully saturated rings. The Morgan fingerprint density at radius 2 is 2.00 bits per heavy atom. The minimum Gasteiger partial charge on any atom is -0.307 e. The first-order valence-corrected chi connectivity index (χ1v) is 8.71. The van der Waals surface area contributed by atoms with Gasteiger partial charge >= 0.3 is 0 Å². The first kappa shape index (κ1) is 18.3. The standard InChI is InChI=1S/C19H16FN7O2/c1-3-4-16(28)22-15-9-11(2)25-27(15)19-23-17-14(18(29)24-19)10-21-26(17)13-7-5-12(20)6-8-13/h3-10H,1-2H3,(H,22,28)(H,23,24,29)/b4-3-. The van der Waals surface area contributed by atoms with Gasteiger partial charge in [-0.05, 0) is 44.2 Å². The van der Waals surface area contributed by atoms with Gasteiger partial charge in [0.2, 0.25) is 11.9 Å². The molecule has 0 atom stereocenters. The second-order valence-electron chi connectivity index (χ2n) is 6.23. The predicted molar refractivity (Wildman–Crippen MR) is 105 cm³/mol. The van der Waals surface area contributed by atoms with E-state index < -0.39 is 5.56 Å². The molecule has 0 saturated carbocycles. The quantitative estimate of drug-likeness (QED) is 0.517. The van der Waals surface area contributed by atoms with E-state index >= 15 is 0 Å². The summed E-state index contributed by atoms with van der Waals surface area (Å²) in [6.07, 6.45) is 4.36. The molecule has 3 aromatic heterocycles. The lowest BCUT2D eigenvalue weighted by Crippen LogP contribution is -2.18. The molecular weight excluding hydrogens is 377 g/mol. The van der Waals surface area contributed by atoms with Crippen LogP contribution in [0.5, 0.6) is 0 Å². The van der Waals surface area contributed by atoms with Crippen LogP contribution in [0.25, 0.3) is 22.7 Å². The number of nitrogens with one attached hydrogen (secondary N) is 2. The summed E-state index contributed by atoms with van der Waals surface area (Å²) < 4.78 is 16.0. The van der Waals surface area contributed by atoms with Gasteiger partial charge in [0.1, 0.15) is 17.0 Å². The molecule has 0 aliphatic rings. The van der Waals surface area contributed by atoms with E-state index in [9.17, 15) is 14.0 Å². The molecule has 0 radical (unpaired) electrons. The number of aromatic nitrogens is 6. The van der Waals surface area contributed by atoms with Crippen LogP contribution in [0, 0.1) is 12.7 Å². The first-order valence-electron chi connectivity index (χ1n) is 8.71. The number of carbonyl (C=O) groups is 1. The second-order valence-corrected chi connectivity index (χ2v) is 6.23. The Morgan fingerprint density at radius 3 is 2.72 bits per heavy atom. The van der Waals surface area contributed by atoms with Crippen LogP contribution in [0.2, 0.25) is 0 Å². The summed E-state index contributed by atoms with van der Waals surface area (Å²) in [5, 5.41) is 11.5. The molecule has 0 aliphatic heterocycles. The molecule has 1 aromatic carbocycles. The van der Waals surface area contributed by atoms with Crippen LogP contribution in [0.1, 0.15) is 12.6 Å². The maximum atomic E-state index is 13.2. The topological polar surface area (TPSA) is 110 Å². The van der Waals surface area contributed by atoms with Crippen LogP contribution in [0.15, 0.2) is 53.5 Å². The van der Waals surface area contributed by atoms with Crippen molar-refractivity contribution < 1.29 is 9.18 Å². The molecule has 3 heterocycles. The molecule has 0 aliphatic carbocycles. The third kappa shape index (κ3) is 3.43. The fourth-order valence-corrected chi connectivity index (χ4v) is 2.85. The fourth-order valence-electron chi connectivity index (χ4n) is 2.85. The van der Waals surface area contributed by atoms with E-state index in [2.05, 4.69) is 25.5 Å². The van der Waals surface area contributed by atoms with Crippen LogP contribution >= 0.6 is 0 Å². The molecule has 10 heteroatoms. The Kier molecular flexibility index (Phi) is 4.51. The van der Waals surface area contributed by atoms with Crippen LogP contribution in [-0.4, -0.2) is 35.4 Å². The fraction of sp³-hybridized carbons (Fsp3) is 0.105. The number of hydrogen-bond donors (Lipinski definition) is 2. The van der Waals surface area contributed by atoms with E-state index in [-0.39, 0.29) is 28.7 Å². The van der Waals surface area contributed by atoms with Gasteiger partial charge in [0.15, 0.2) is 5.65 Å². The number of allylic oxidation sites excluding steroid dienone is 1. The Bertz CT molecular complexity index is 1300. The number of aromatic amines is 1. The van der Waals surface area contributed by atoms with Gasteiger partial charge in [0.05, 0.1) is 17.6 Å². The van der Waals surface area contributed by atoms with Gasteiger partial charge in [-0.2, -0.15) is 19.9 Å². The summed E-state index contributed by atoms with van der Waals surface area (Å²) in [5.74, 6) is -0.269. The summed E-state index contributed by atoms with van der Waals surface area (Å²) in [6.45, 7) is 3.48. The van der Waals surface area contributed by atoms with Crippen LogP contribution in [0.3, 0.4) is 0 Å². The minimum absolute atomic E-state index is 0.107. The average molecular weight is 393 g/mol. The lowest BCUT2D eigenvalue weighted by Gasteiger charge is -2.08. The molecule has 0 saturated heterocycles. The second kappa shape index (κ2) is 7.15. The summed E-state index contributed by atoms with van der Waals surface area (Å²) in [7, 11) is 0. The zero-order valence-corrected chi connectivity index (χ0v) is 15.5. The van der Waals surface area contributed by atoms with Crippen molar-refractivity contribution >= 4 is 22.8 Å². The van der Waals surface area contributed by atoms with E-state index in [0.29, 0.717) is 17.2 Å². The summed E-state index contributed by atoms with van der Waals surface area (Å²) in [6, 6.07) is 7.31. The lowest BCUT2D eigenvalue weighted by molar-refractivity contribution is -0.111. The zero-order valence-electron chi connectivity index (χ0n) is 15.5. The van der Waals surface area contributed by atoms with Gasteiger partial charge < -0.3 is 5.32 Å². The van der Waals surface area contributed by atoms with Crippen molar-refractivity contribution in [3.8, 4) is 11.6 Å². The molecule has 0 spiro atoms. The highest BCUT2D eigenvalue weighted by Crippen LogP contribution is 2.18. The van der Waals surface area contributed by atoms with Crippen molar-refractivity contribution in [2.24, 2.45) is 0 Å². The highest BCUT2D eigenvalue weighted by molar-refractivity contribution is 5.98. The van der Waals surface area contributed by atoms with Crippen molar-refractivity contribution in [2.45, 2.75) is 13.8 Å². The number of fused-ring (bicyclic) bond motifs is 1. The van der Waals surface area contributed by atoms with Gasteiger partial charge in [-0.15, -0.1) is 0 Å². The van der Waals surface area contributed by atoms with Crippen molar-refractivity contribution in [3.63, 3.8) is 0 Å². The number of halogens is 1. The van der Waals surface area contributed by atoms with E-state index in [0.717, 1.165) is 0 Å². The third-order valence-electron chi connectivity index (χ3n) is 4.10. The summed E-state index contributed by atoms with van der Waals surface area (Å²) >= 11 is 0. The molecule has 0 bridgehead atoms. The van der Waals surface area contributed by atoms with Crippen molar-refractivity contribution in [2.75, 3.05) is 5.32 Å². The third-order valence-corrected chi connectivity index (χ3v) is 4.10. The lowest BCUT2D eigenvalue weighted by atomic mass is 10.3. The van der Waals surface area contributed by atoms with E-state index in [4.69, 9.17) is 0 Å². The number of carbonyl (C=O) groups excluding carboxylic acids is 1. The van der Waals surface area contributed by atoms with Gasteiger partial charge in [0.25, 0.3) is 5.56 Å². The van der Waals surface area contributed by atoms with Gasteiger partial charge in [0, 0.05) is 6.07 Å². The molecule has 4 aromatic rings. The number of rotatable bonds is 4. The van der Waals surface area contributed by atoms with Crippen molar-refractivity contribution in [1.29, 1.82) is 0 Å². The molecule has 0 unspecified atom stereocenters. The summed E-state index contributed by atoms with van der Waals surface area (Å²) in [5.41, 5.74) is 1.02. The number of anilines is 1. The number of amides is 1. The van der Waals surface area contributed by atoms with Crippen molar-refractivity contribution in [3.05, 3.63) is 70.5 Å². The Morgan fingerprint density at radius 1 is 1.24 bits per heavy atom. The largest absolute Gasteiger partial charge is 0.307 e. The molecule has 9 nitrogen and oxygen atoms in total. The minimum atomic E-state index is -0.419. The van der Waals surface area contributed by atoms with E-state index in [1.165, 1.54) is 45.9 Å². The highest BCUT2D eigenvalue weighted by atomic mass is 19.1. The number of aryl methyl sites for hydroxylation is 1. The van der Waals surface area contributed by atoms with E-state index in [1.807, 2.05) is 0 Å². The zero-order chi connectivity index (χ0) is 20.5. The van der Waals surface area contributed by atoms with Crippen LogP contribution < -0.4 is 10.9 Å². The van der Waals surface area contributed by atoms with Gasteiger partial charge in [-0.3, -0.25) is 14.6 Å². The number of hydrogen-bond acceptors (Lipinski definition) is 5. The molecule has 1 amide bonds. The Balaban J connectivity index is 1.86. The van der Waals surface area contributed by atoms with Crippen LogP contribution in [-0.2, 0) is 4.79 Å². The number of H-pyrrole nitrogens is 1. The number of benzene rings is 1. The SMILES string of the molecule is C/C=C\C(=O)Nc1cc(C)nn1-c1nc2c(cnn2-c2ccc(F)cc2)c(=O)[nH]1. The number of nitrogens with zero attached hydrogens (tertiary/aromatic N) is 5. The highest BCUT2D eigenvalue weighted by Gasteiger charge is 2.16. The van der Waals surface area contributed by atoms with Gasteiger partial charge in [-0.25, -0.2) is 9.07 Å². The Labute approximate surface area is 163 Å². The maximum Gasteiger partial charge on any atom is 0.263 e. The van der Waals surface area contributed by atoms with Crippen molar-refractivity contribution in [1.82, 2.24) is 29.5 Å². The Hall–Kier alpha value is -4.08.